The maximum Gasteiger partial charge on any atom is 0.260 e. The van der Waals surface area contributed by atoms with Crippen LogP contribution in [-0.4, -0.2) is 30.6 Å². The number of methoxy groups -OCH3 is 1. The van der Waals surface area contributed by atoms with Crippen molar-refractivity contribution in [3.05, 3.63) is 71.1 Å². The average molecular weight is 392 g/mol. The predicted molar refractivity (Wildman–Crippen MR) is 107 cm³/mol. The van der Waals surface area contributed by atoms with Crippen LogP contribution in [0.1, 0.15) is 33.5 Å². The summed E-state index contributed by atoms with van der Waals surface area (Å²) in [7, 11) is 1.49. The molecule has 0 fully saturated rings. The van der Waals surface area contributed by atoms with Crippen molar-refractivity contribution in [1.82, 2.24) is 10.6 Å². The molecule has 29 heavy (non-hydrogen) atoms. The Bertz CT molecular complexity index is 1060. The van der Waals surface area contributed by atoms with Gasteiger partial charge in [0.15, 0.2) is 11.5 Å². The number of imide groups is 1. The van der Waals surface area contributed by atoms with Gasteiger partial charge in [0.05, 0.1) is 25.6 Å². The summed E-state index contributed by atoms with van der Waals surface area (Å²) < 4.78 is 10.3. The molecule has 0 aromatic heterocycles. The summed E-state index contributed by atoms with van der Waals surface area (Å²) in [6.07, 6.45) is 4.09. The van der Waals surface area contributed by atoms with Crippen molar-refractivity contribution in [2.75, 3.05) is 13.7 Å². The van der Waals surface area contributed by atoms with E-state index in [0.29, 0.717) is 35.6 Å². The minimum absolute atomic E-state index is 0.0440. The molecule has 2 amide bonds. The van der Waals surface area contributed by atoms with Crippen LogP contribution in [-0.2, 0) is 16.1 Å². The van der Waals surface area contributed by atoms with E-state index >= 15 is 0 Å². The van der Waals surface area contributed by atoms with Crippen molar-refractivity contribution in [3.63, 3.8) is 0 Å². The molecule has 2 aromatic rings. The number of nitrogens with one attached hydrogen (secondary N) is 2. The third kappa shape index (κ3) is 3.67. The quantitative estimate of drug-likeness (QED) is 0.535. The number of hydrogen-bond acceptors (Lipinski definition) is 6. The van der Waals surface area contributed by atoms with Gasteiger partial charge in [0.2, 0.25) is 0 Å². The molecule has 2 heterocycles. The highest BCUT2D eigenvalue weighted by molar-refractivity contribution is 6.31. The van der Waals surface area contributed by atoms with Gasteiger partial charge >= 0.3 is 0 Å². The maximum atomic E-state index is 12.4. The minimum atomic E-state index is -0.457. The van der Waals surface area contributed by atoms with Gasteiger partial charge in [-0.15, -0.1) is 0 Å². The number of rotatable bonds is 5. The van der Waals surface area contributed by atoms with E-state index < -0.39 is 11.8 Å². The number of amides is 2. The lowest BCUT2D eigenvalue weighted by Crippen LogP contribution is -2.37. The van der Waals surface area contributed by atoms with E-state index in [9.17, 15) is 14.7 Å². The Balaban J connectivity index is 1.60. The van der Waals surface area contributed by atoms with Crippen LogP contribution in [0, 0.1) is 0 Å². The average Bonchev–Trinajstić information content (AvgIpc) is 3.25. The molecule has 0 bridgehead atoms. The second-order valence-electron chi connectivity index (χ2n) is 6.75. The first-order chi connectivity index (χ1) is 14.1. The first-order valence-corrected chi connectivity index (χ1v) is 9.17. The van der Waals surface area contributed by atoms with Crippen LogP contribution >= 0.6 is 0 Å². The van der Waals surface area contributed by atoms with Crippen molar-refractivity contribution < 1.29 is 24.2 Å². The summed E-state index contributed by atoms with van der Waals surface area (Å²) in [6, 6.07) is 10.5. The Morgan fingerprint density at radius 1 is 1.17 bits per heavy atom. The summed E-state index contributed by atoms with van der Waals surface area (Å²) in [6.45, 7) is 1.01. The Labute approximate surface area is 167 Å². The summed E-state index contributed by atoms with van der Waals surface area (Å²) in [5.74, 6) is -0.432. The summed E-state index contributed by atoms with van der Waals surface area (Å²) in [4.78, 5) is 24.7. The molecule has 0 radical (unpaired) electrons. The van der Waals surface area contributed by atoms with Crippen LogP contribution in [0.4, 0.5) is 0 Å². The molecular formula is C22H20N2O5. The van der Waals surface area contributed by atoms with Gasteiger partial charge in [0.25, 0.3) is 11.8 Å². The zero-order valence-corrected chi connectivity index (χ0v) is 15.8. The number of phenolic OH excluding ortho intramolecular Hbond substituents is 1. The van der Waals surface area contributed by atoms with E-state index in [2.05, 4.69) is 10.6 Å². The number of phenols is 1. The fourth-order valence-electron chi connectivity index (χ4n) is 3.38. The molecule has 3 N–H and O–H groups in total. The summed E-state index contributed by atoms with van der Waals surface area (Å²) in [5, 5.41) is 15.3. The van der Waals surface area contributed by atoms with Crippen LogP contribution in [0.15, 0.2) is 48.9 Å². The van der Waals surface area contributed by atoms with E-state index in [0.717, 1.165) is 23.1 Å². The predicted octanol–water partition coefficient (Wildman–Crippen LogP) is 2.56. The highest BCUT2D eigenvalue weighted by Crippen LogP contribution is 2.30. The smallest absolute Gasteiger partial charge is 0.260 e. The minimum Gasteiger partial charge on any atom is -0.504 e. The molecule has 0 saturated heterocycles. The van der Waals surface area contributed by atoms with Gasteiger partial charge in [0, 0.05) is 30.3 Å². The van der Waals surface area contributed by atoms with Crippen LogP contribution in [0.2, 0.25) is 0 Å². The number of carbonyl (C=O) groups excluding carboxylic acids is 2. The van der Waals surface area contributed by atoms with Crippen LogP contribution in [0.5, 0.6) is 11.5 Å². The van der Waals surface area contributed by atoms with E-state index in [-0.39, 0.29) is 5.75 Å². The second-order valence-corrected chi connectivity index (χ2v) is 6.75. The summed E-state index contributed by atoms with van der Waals surface area (Å²) >= 11 is 0. The van der Waals surface area contributed by atoms with E-state index in [1.807, 2.05) is 18.2 Å². The molecule has 0 saturated carbocycles. The van der Waals surface area contributed by atoms with Crippen molar-refractivity contribution in [2.45, 2.75) is 13.0 Å². The fraction of sp³-hybridized carbons (Fsp3) is 0.182. The van der Waals surface area contributed by atoms with Gasteiger partial charge in [-0.3, -0.25) is 14.9 Å². The molecule has 2 aromatic carbocycles. The van der Waals surface area contributed by atoms with Crippen LogP contribution in [0.25, 0.3) is 11.1 Å². The molecule has 148 valence electrons. The highest BCUT2D eigenvalue weighted by Gasteiger charge is 2.28. The van der Waals surface area contributed by atoms with Gasteiger partial charge in [0.1, 0.15) is 0 Å². The molecule has 0 unspecified atom stereocenters. The Morgan fingerprint density at radius 3 is 2.76 bits per heavy atom. The highest BCUT2D eigenvalue weighted by atomic mass is 16.5. The van der Waals surface area contributed by atoms with Gasteiger partial charge in [-0.2, -0.15) is 0 Å². The van der Waals surface area contributed by atoms with Crippen LogP contribution in [0.3, 0.4) is 0 Å². The van der Waals surface area contributed by atoms with Crippen molar-refractivity contribution >= 4 is 23.0 Å². The second kappa shape index (κ2) is 7.71. The SMILES string of the molecule is COc1ccc(CN/C=C2\C(=O)NC(=O)c3ccc(C4=COCC4)cc32)cc1O. The molecule has 0 atom stereocenters. The Morgan fingerprint density at radius 2 is 2.03 bits per heavy atom. The zero-order chi connectivity index (χ0) is 20.4. The Hall–Kier alpha value is -3.74. The van der Waals surface area contributed by atoms with Gasteiger partial charge in [-0.1, -0.05) is 12.1 Å². The molecule has 4 rings (SSSR count). The monoisotopic (exact) mass is 392 g/mol. The number of fused-ring (bicyclic) bond motifs is 1. The van der Waals surface area contributed by atoms with Gasteiger partial charge in [-0.05, 0) is 41.0 Å². The van der Waals surface area contributed by atoms with E-state index in [1.165, 1.54) is 7.11 Å². The molecule has 7 nitrogen and oxygen atoms in total. The van der Waals surface area contributed by atoms with E-state index in [1.54, 1.807) is 30.7 Å². The molecule has 2 aliphatic rings. The van der Waals surface area contributed by atoms with E-state index in [4.69, 9.17) is 9.47 Å². The summed E-state index contributed by atoms with van der Waals surface area (Å²) in [5.41, 5.74) is 4.17. The first-order valence-electron chi connectivity index (χ1n) is 9.17. The zero-order valence-electron chi connectivity index (χ0n) is 15.8. The maximum absolute atomic E-state index is 12.4. The number of carbonyl (C=O) groups is 2. The molecule has 0 spiro atoms. The number of ether oxygens (including phenoxy) is 2. The number of benzene rings is 2. The normalized spacial score (nSPS) is 16.7. The van der Waals surface area contributed by atoms with Crippen molar-refractivity contribution in [2.24, 2.45) is 0 Å². The molecule has 7 heteroatoms. The lowest BCUT2D eigenvalue weighted by molar-refractivity contribution is -0.114. The Kier molecular flexibility index (Phi) is 4.95. The van der Waals surface area contributed by atoms with Crippen molar-refractivity contribution in [3.8, 4) is 11.5 Å². The van der Waals surface area contributed by atoms with Gasteiger partial charge in [-0.25, -0.2) is 0 Å². The first kappa shape index (κ1) is 18.6. The fourth-order valence-corrected chi connectivity index (χ4v) is 3.38. The third-order valence-corrected chi connectivity index (χ3v) is 4.91. The lowest BCUT2D eigenvalue weighted by atomic mass is 9.91. The standard InChI is InChI=1S/C22H20N2O5/c1-28-20-5-2-13(8-19(20)25)10-23-11-18-17-9-14(15-6-7-29-12-15)3-4-16(17)21(26)24-22(18)27/h2-5,8-9,11-12,23,25H,6-7,10H2,1H3,(H,24,26,27)/b18-11-. The molecule has 2 aliphatic heterocycles. The third-order valence-electron chi connectivity index (χ3n) is 4.91. The van der Waals surface area contributed by atoms with Crippen LogP contribution < -0.4 is 15.4 Å². The number of hydrogen-bond donors (Lipinski definition) is 3. The largest absolute Gasteiger partial charge is 0.504 e. The molecular weight excluding hydrogens is 372 g/mol. The number of aromatic hydroxyl groups is 1. The molecule has 0 aliphatic carbocycles. The lowest BCUT2D eigenvalue weighted by Gasteiger charge is -2.19. The van der Waals surface area contributed by atoms with Gasteiger partial charge < -0.3 is 19.9 Å². The van der Waals surface area contributed by atoms with Crippen molar-refractivity contribution in [1.29, 1.82) is 0 Å². The topological polar surface area (TPSA) is 96.9 Å².